The van der Waals surface area contributed by atoms with Gasteiger partial charge < -0.3 is 0 Å². The van der Waals surface area contributed by atoms with Crippen molar-refractivity contribution in [1.82, 2.24) is 4.90 Å². The zero-order chi connectivity index (χ0) is 14.8. The van der Waals surface area contributed by atoms with Gasteiger partial charge >= 0.3 is 6.18 Å². The standard InChI is InChI=1S/C14H16F3NOS/c1-18-5-6-20-9-12(18)13(19)8-10-3-2-4-11(7-10)14(15,16)17/h2-4,7,12H,5-6,8-9H2,1H3. The number of ketones is 1. The Bertz CT molecular complexity index is 490. The molecule has 1 unspecified atom stereocenters. The Kier molecular flexibility index (Phi) is 4.75. The molecule has 1 aliphatic heterocycles. The van der Waals surface area contributed by atoms with Crippen LogP contribution in [0, 0.1) is 0 Å². The van der Waals surface area contributed by atoms with E-state index in [4.69, 9.17) is 0 Å². The molecule has 2 rings (SSSR count). The van der Waals surface area contributed by atoms with Crippen LogP contribution in [0.25, 0.3) is 0 Å². The lowest BCUT2D eigenvalue weighted by molar-refractivity contribution is -0.137. The van der Waals surface area contributed by atoms with Gasteiger partial charge in [-0.05, 0) is 18.7 Å². The first-order valence-corrected chi connectivity index (χ1v) is 7.50. The van der Waals surface area contributed by atoms with Crippen molar-refractivity contribution in [2.75, 3.05) is 25.1 Å². The molecule has 0 radical (unpaired) electrons. The fraction of sp³-hybridized carbons (Fsp3) is 0.500. The fourth-order valence-electron chi connectivity index (χ4n) is 2.20. The lowest BCUT2D eigenvalue weighted by Gasteiger charge is -2.30. The molecule has 2 nitrogen and oxygen atoms in total. The zero-order valence-corrected chi connectivity index (χ0v) is 11.9. The smallest absolute Gasteiger partial charge is 0.298 e. The highest BCUT2D eigenvalue weighted by atomic mass is 32.2. The van der Waals surface area contributed by atoms with Gasteiger partial charge in [0.25, 0.3) is 0 Å². The molecule has 1 aliphatic rings. The van der Waals surface area contributed by atoms with E-state index in [1.54, 1.807) is 17.8 Å². The third-order valence-electron chi connectivity index (χ3n) is 3.40. The van der Waals surface area contributed by atoms with E-state index >= 15 is 0 Å². The van der Waals surface area contributed by atoms with E-state index in [1.807, 2.05) is 11.9 Å². The third-order valence-corrected chi connectivity index (χ3v) is 4.42. The summed E-state index contributed by atoms with van der Waals surface area (Å²) in [5.41, 5.74) is -0.275. The molecule has 0 aromatic heterocycles. The molecule has 20 heavy (non-hydrogen) atoms. The average molecular weight is 303 g/mol. The summed E-state index contributed by atoms with van der Waals surface area (Å²) in [6, 6.07) is 4.82. The number of benzene rings is 1. The number of nitrogens with zero attached hydrogens (tertiary/aromatic N) is 1. The van der Waals surface area contributed by atoms with Gasteiger partial charge in [0.1, 0.15) is 0 Å². The molecule has 110 valence electrons. The summed E-state index contributed by atoms with van der Waals surface area (Å²) in [6.07, 6.45) is -4.31. The van der Waals surface area contributed by atoms with E-state index in [2.05, 4.69) is 0 Å². The molecular formula is C14H16F3NOS. The fourth-order valence-corrected chi connectivity index (χ4v) is 3.45. The normalized spacial score (nSPS) is 20.9. The van der Waals surface area contributed by atoms with Crippen LogP contribution in [-0.2, 0) is 17.4 Å². The number of thioether (sulfide) groups is 1. The Balaban J connectivity index is 2.08. The van der Waals surface area contributed by atoms with E-state index in [9.17, 15) is 18.0 Å². The number of hydrogen-bond acceptors (Lipinski definition) is 3. The molecular weight excluding hydrogens is 287 g/mol. The lowest BCUT2D eigenvalue weighted by Crippen LogP contribution is -2.45. The molecule has 6 heteroatoms. The van der Waals surface area contributed by atoms with Gasteiger partial charge in [0.15, 0.2) is 5.78 Å². The first-order valence-electron chi connectivity index (χ1n) is 6.35. The second kappa shape index (κ2) is 6.18. The lowest BCUT2D eigenvalue weighted by atomic mass is 10.0. The van der Waals surface area contributed by atoms with E-state index in [1.165, 1.54) is 6.07 Å². The maximum atomic E-state index is 12.6. The Hall–Kier alpha value is -1.01. The van der Waals surface area contributed by atoms with Crippen LogP contribution < -0.4 is 0 Å². The molecule has 0 N–H and O–H groups in total. The number of likely N-dealkylation sites (N-methyl/N-ethyl adjacent to an activating group) is 1. The quantitative estimate of drug-likeness (QED) is 0.856. The van der Waals surface area contributed by atoms with Crippen molar-refractivity contribution in [2.24, 2.45) is 0 Å². The van der Waals surface area contributed by atoms with Crippen molar-refractivity contribution in [3.63, 3.8) is 0 Å². The largest absolute Gasteiger partial charge is 0.416 e. The van der Waals surface area contributed by atoms with Crippen molar-refractivity contribution in [3.05, 3.63) is 35.4 Å². The second-order valence-corrected chi connectivity index (χ2v) is 6.06. The number of Topliss-reactive ketones (excluding diaryl/α,β-unsaturated/α-hetero) is 1. The Labute approximate surface area is 120 Å². The summed E-state index contributed by atoms with van der Waals surface area (Å²) in [5, 5.41) is 0. The number of hydrogen-bond donors (Lipinski definition) is 0. The highest BCUT2D eigenvalue weighted by Gasteiger charge is 2.31. The molecule has 1 saturated heterocycles. The molecule has 0 saturated carbocycles. The Morgan fingerprint density at radius 2 is 2.20 bits per heavy atom. The number of carbonyl (C=O) groups is 1. The van der Waals surface area contributed by atoms with Crippen LogP contribution in [0.2, 0.25) is 0 Å². The molecule has 1 heterocycles. The summed E-state index contributed by atoms with van der Waals surface area (Å²) < 4.78 is 37.9. The maximum Gasteiger partial charge on any atom is 0.416 e. The van der Waals surface area contributed by atoms with Crippen LogP contribution in [0.5, 0.6) is 0 Å². The molecule has 0 aliphatic carbocycles. The highest BCUT2D eigenvalue weighted by Crippen LogP contribution is 2.29. The van der Waals surface area contributed by atoms with E-state index in [0.29, 0.717) is 11.3 Å². The summed E-state index contributed by atoms with van der Waals surface area (Å²) in [7, 11) is 1.88. The first kappa shape index (κ1) is 15.4. The van der Waals surface area contributed by atoms with Crippen molar-refractivity contribution in [3.8, 4) is 0 Å². The molecule has 1 aromatic rings. The summed E-state index contributed by atoms with van der Waals surface area (Å²) >= 11 is 1.71. The van der Waals surface area contributed by atoms with Gasteiger partial charge in [-0.2, -0.15) is 24.9 Å². The highest BCUT2D eigenvalue weighted by molar-refractivity contribution is 7.99. The predicted molar refractivity (Wildman–Crippen MR) is 73.9 cm³/mol. The molecule has 0 spiro atoms. The van der Waals surface area contributed by atoms with Crippen LogP contribution in [0.1, 0.15) is 11.1 Å². The van der Waals surface area contributed by atoms with Crippen molar-refractivity contribution >= 4 is 17.5 Å². The number of rotatable bonds is 3. The minimum absolute atomic E-state index is 0.0148. The predicted octanol–water partition coefficient (Wildman–Crippen LogP) is 2.86. The van der Waals surface area contributed by atoms with Gasteiger partial charge in [-0.1, -0.05) is 18.2 Å². The minimum Gasteiger partial charge on any atom is -0.298 e. The Morgan fingerprint density at radius 3 is 2.85 bits per heavy atom. The van der Waals surface area contributed by atoms with Crippen molar-refractivity contribution in [1.29, 1.82) is 0 Å². The van der Waals surface area contributed by atoms with E-state index < -0.39 is 11.7 Å². The molecule has 1 fully saturated rings. The third kappa shape index (κ3) is 3.76. The van der Waals surface area contributed by atoms with Crippen molar-refractivity contribution < 1.29 is 18.0 Å². The van der Waals surface area contributed by atoms with Crippen LogP contribution in [0.3, 0.4) is 0 Å². The minimum atomic E-state index is -4.36. The van der Waals surface area contributed by atoms with Gasteiger partial charge in [0, 0.05) is 24.5 Å². The van der Waals surface area contributed by atoms with Gasteiger partial charge in [0.2, 0.25) is 0 Å². The summed E-state index contributed by atoms with van der Waals surface area (Å²) in [6.45, 7) is 0.837. The van der Waals surface area contributed by atoms with Crippen LogP contribution >= 0.6 is 11.8 Å². The molecule has 1 atom stereocenters. The van der Waals surface area contributed by atoms with Crippen LogP contribution in [0.15, 0.2) is 24.3 Å². The molecule has 0 amide bonds. The molecule has 1 aromatic carbocycles. The van der Waals surface area contributed by atoms with Gasteiger partial charge in [-0.25, -0.2) is 0 Å². The SMILES string of the molecule is CN1CCSCC1C(=O)Cc1cccc(C(F)(F)F)c1. The monoisotopic (exact) mass is 303 g/mol. The Morgan fingerprint density at radius 1 is 1.45 bits per heavy atom. The van der Waals surface area contributed by atoms with Gasteiger partial charge in [0.05, 0.1) is 11.6 Å². The number of carbonyl (C=O) groups excluding carboxylic acids is 1. The van der Waals surface area contributed by atoms with Crippen LogP contribution in [-0.4, -0.2) is 41.8 Å². The van der Waals surface area contributed by atoms with E-state index in [-0.39, 0.29) is 18.2 Å². The van der Waals surface area contributed by atoms with Crippen LogP contribution in [0.4, 0.5) is 13.2 Å². The summed E-state index contributed by atoms with van der Waals surface area (Å²) in [5.74, 6) is 1.69. The second-order valence-electron chi connectivity index (χ2n) is 4.91. The average Bonchev–Trinajstić information content (AvgIpc) is 2.38. The summed E-state index contributed by atoms with van der Waals surface area (Å²) in [4.78, 5) is 14.2. The number of halogens is 3. The van der Waals surface area contributed by atoms with Gasteiger partial charge in [-0.3, -0.25) is 9.69 Å². The van der Waals surface area contributed by atoms with E-state index in [0.717, 1.165) is 24.4 Å². The van der Waals surface area contributed by atoms with Gasteiger partial charge in [-0.15, -0.1) is 0 Å². The maximum absolute atomic E-state index is 12.6. The first-order chi connectivity index (χ1) is 9.38. The zero-order valence-electron chi connectivity index (χ0n) is 11.1. The topological polar surface area (TPSA) is 20.3 Å². The molecule has 0 bridgehead atoms. The number of alkyl halides is 3. The van der Waals surface area contributed by atoms with Crippen molar-refractivity contribution in [2.45, 2.75) is 18.6 Å².